The largest absolute Gasteiger partial charge is 0.324 e. The number of nitrogens with two attached hydrogens (primary N) is 1. The van der Waals surface area contributed by atoms with Gasteiger partial charge in [-0.1, -0.05) is 13.3 Å². The normalized spacial score (nSPS) is 15.1. The molecule has 3 nitrogen and oxygen atoms in total. The van der Waals surface area contributed by atoms with Gasteiger partial charge in [0, 0.05) is 30.4 Å². The highest BCUT2D eigenvalue weighted by molar-refractivity contribution is 7.07. The first-order valence-corrected chi connectivity index (χ1v) is 6.45. The molecular formula is C11H21N3S. The van der Waals surface area contributed by atoms with Crippen molar-refractivity contribution in [3.05, 3.63) is 16.6 Å². The Hall–Kier alpha value is -0.450. The maximum atomic E-state index is 6.11. The van der Waals surface area contributed by atoms with Gasteiger partial charge in [-0.3, -0.25) is 0 Å². The van der Waals surface area contributed by atoms with Crippen LogP contribution in [0.5, 0.6) is 0 Å². The van der Waals surface area contributed by atoms with Crippen molar-refractivity contribution in [1.29, 1.82) is 0 Å². The van der Waals surface area contributed by atoms with Crippen molar-refractivity contribution < 1.29 is 0 Å². The zero-order chi connectivity index (χ0) is 11.1. The number of rotatable bonds is 7. The lowest BCUT2D eigenvalue weighted by Gasteiger charge is -2.24. The summed E-state index contributed by atoms with van der Waals surface area (Å²) in [6, 6.07) is 0. The summed E-state index contributed by atoms with van der Waals surface area (Å²) in [5.74, 6) is 0. The van der Waals surface area contributed by atoms with Crippen LogP contribution in [0.4, 0.5) is 0 Å². The van der Waals surface area contributed by atoms with Crippen LogP contribution in [0, 0.1) is 0 Å². The fourth-order valence-electron chi connectivity index (χ4n) is 1.61. The minimum Gasteiger partial charge on any atom is -0.324 e. The number of hydrogen-bond donors (Lipinski definition) is 2. The van der Waals surface area contributed by atoms with E-state index >= 15 is 0 Å². The second-order valence-corrected chi connectivity index (χ2v) is 5.03. The molecule has 0 aliphatic rings. The van der Waals surface area contributed by atoms with Gasteiger partial charge in [-0.15, -0.1) is 11.3 Å². The molecule has 0 aliphatic heterocycles. The summed E-state index contributed by atoms with van der Waals surface area (Å²) in [4.78, 5) is 4.23. The van der Waals surface area contributed by atoms with E-state index in [1.165, 1.54) is 5.69 Å². The molecule has 1 atom stereocenters. The maximum absolute atomic E-state index is 6.11. The Balaban J connectivity index is 2.11. The van der Waals surface area contributed by atoms with E-state index in [2.05, 4.69) is 29.5 Å². The van der Waals surface area contributed by atoms with Gasteiger partial charge in [0.05, 0.1) is 11.2 Å². The van der Waals surface area contributed by atoms with Crippen LogP contribution >= 0.6 is 11.3 Å². The van der Waals surface area contributed by atoms with Crippen molar-refractivity contribution in [2.45, 2.75) is 38.6 Å². The van der Waals surface area contributed by atoms with Crippen LogP contribution in [0.3, 0.4) is 0 Å². The van der Waals surface area contributed by atoms with E-state index in [4.69, 9.17) is 5.73 Å². The van der Waals surface area contributed by atoms with E-state index in [1.54, 1.807) is 11.3 Å². The van der Waals surface area contributed by atoms with Crippen molar-refractivity contribution in [2.24, 2.45) is 5.73 Å². The fraction of sp³-hybridized carbons (Fsp3) is 0.727. The van der Waals surface area contributed by atoms with Crippen LogP contribution < -0.4 is 11.1 Å². The average molecular weight is 227 g/mol. The van der Waals surface area contributed by atoms with Crippen LogP contribution in [-0.2, 0) is 6.42 Å². The minimum atomic E-state index is -0.0726. The Morgan fingerprint density at radius 1 is 1.60 bits per heavy atom. The van der Waals surface area contributed by atoms with Crippen LogP contribution in [0.25, 0.3) is 0 Å². The molecule has 1 unspecified atom stereocenters. The monoisotopic (exact) mass is 227 g/mol. The molecule has 1 rings (SSSR count). The number of nitrogens with zero attached hydrogens (tertiary/aromatic N) is 1. The maximum Gasteiger partial charge on any atom is 0.0794 e. The number of thiazole rings is 1. The van der Waals surface area contributed by atoms with E-state index in [0.29, 0.717) is 0 Å². The molecule has 0 saturated heterocycles. The highest BCUT2D eigenvalue weighted by Gasteiger charge is 2.15. The first-order chi connectivity index (χ1) is 7.14. The molecule has 0 aromatic carbocycles. The smallest absolute Gasteiger partial charge is 0.0794 e. The van der Waals surface area contributed by atoms with Crippen molar-refractivity contribution in [3.8, 4) is 0 Å². The summed E-state index contributed by atoms with van der Waals surface area (Å²) in [5.41, 5.74) is 9.08. The average Bonchev–Trinajstić information content (AvgIpc) is 2.65. The molecule has 0 bridgehead atoms. The van der Waals surface area contributed by atoms with Crippen molar-refractivity contribution in [3.63, 3.8) is 0 Å². The molecule has 0 spiro atoms. The Labute approximate surface area is 96.1 Å². The van der Waals surface area contributed by atoms with Gasteiger partial charge in [-0.25, -0.2) is 4.98 Å². The molecule has 1 aromatic heterocycles. The first-order valence-electron chi connectivity index (χ1n) is 5.51. The molecule has 0 fully saturated rings. The van der Waals surface area contributed by atoms with E-state index in [-0.39, 0.29) is 5.54 Å². The second kappa shape index (κ2) is 6.20. The van der Waals surface area contributed by atoms with Crippen LogP contribution in [-0.4, -0.2) is 23.6 Å². The van der Waals surface area contributed by atoms with Gasteiger partial charge >= 0.3 is 0 Å². The molecule has 3 N–H and O–H groups in total. The third kappa shape index (κ3) is 5.25. The lowest BCUT2D eigenvalue weighted by molar-refractivity contribution is 0.398. The summed E-state index contributed by atoms with van der Waals surface area (Å²) in [5, 5.41) is 5.48. The summed E-state index contributed by atoms with van der Waals surface area (Å²) >= 11 is 1.65. The Bertz CT molecular complexity index is 257. The third-order valence-corrected chi connectivity index (χ3v) is 3.03. The van der Waals surface area contributed by atoms with Gasteiger partial charge in [0.2, 0.25) is 0 Å². The molecule has 0 amide bonds. The van der Waals surface area contributed by atoms with E-state index in [9.17, 15) is 0 Å². The van der Waals surface area contributed by atoms with Crippen molar-refractivity contribution in [2.75, 3.05) is 13.1 Å². The molecule has 86 valence electrons. The van der Waals surface area contributed by atoms with Gasteiger partial charge in [0.1, 0.15) is 0 Å². The Kier molecular flexibility index (Phi) is 5.22. The van der Waals surface area contributed by atoms with E-state index in [0.717, 1.165) is 32.4 Å². The number of hydrogen-bond acceptors (Lipinski definition) is 4. The lowest BCUT2D eigenvalue weighted by atomic mass is 9.98. The van der Waals surface area contributed by atoms with Crippen LogP contribution in [0.15, 0.2) is 10.9 Å². The van der Waals surface area contributed by atoms with Crippen molar-refractivity contribution >= 4 is 11.3 Å². The van der Waals surface area contributed by atoms with Gasteiger partial charge in [-0.2, -0.15) is 0 Å². The third-order valence-electron chi connectivity index (χ3n) is 2.39. The molecule has 4 heteroatoms. The molecule has 1 aromatic rings. The van der Waals surface area contributed by atoms with Gasteiger partial charge in [0.25, 0.3) is 0 Å². The van der Waals surface area contributed by atoms with Crippen LogP contribution in [0.1, 0.15) is 32.4 Å². The topological polar surface area (TPSA) is 50.9 Å². The molecule has 0 aliphatic carbocycles. The van der Waals surface area contributed by atoms with E-state index < -0.39 is 0 Å². The predicted octanol–water partition coefficient (Wildman–Crippen LogP) is 1.79. The minimum absolute atomic E-state index is 0.0726. The molecule has 0 saturated carbocycles. The summed E-state index contributed by atoms with van der Waals surface area (Å²) in [7, 11) is 0. The predicted molar refractivity (Wildman–Crippen MR) is 66.2 cm³/mol. The van der Waals surface area contributed by atoms with Gasteiger partial charge in [-0.05, 0) is 13.3 Å². The van der Waals surface area contributed by atoms with Gasteiger partial charge < -0.3 is 11.1 Å². The van der Waals surface area contributed by atoms with Crippen LogP contribution in [0.2, 0.25) is 0 Å². The summed E-state index contributed by atoms with van der Waals surface area (Å²) in [6.45, 7) is 6.11. The molecule has 1 heterocycles. The first kappa shape index (κ1) is 12.6. The highest BCUT2D eigenvalue weighted by atomic mass is 32.1. The zero-order valence-corrected chi connectivity index (χ0v) is 10.4. The lowest BCUT2D eigenvalue weighted by Crippen LogP contribution is -2.46. The summed E-state index contributed by atoms with van der Waals surface area (Å²) in [6.07, 6.45) is 3.20. The molecule has 15 heavy (non-hydrogen) atoms. The van der Waals surface area contributed by atoms with Crippen molar-refractivity contribution in [1.82, 2.24) is 10.3 Å². The SMILES string of the molecule is CCCC(C)(N)CNCCc1cscn1. The second-order valence-electron chi connectivity index (χ2n) is 4.31. The summed E-state index contributed by atoms with van der Waals surface area (Å²) < 4.78 is 0. The van der Waals surface area contributed by atoms with Gasteiger partial charge in [0.15, 0.2) is 0 Å². The standard InChI is InChI=1S/C11H21N3S/c1-3-5-11(2,12)8-13-6-4-10-7-15-9-14-10/h7,9,13H,3-6,8,12H2,1-2H3. The Morgan fingerprint density at radius 2 is 2.40 bits per heavy atom. The number of aromatic nitrogens is 1. The molecule has 0 radical (unpaired) electrons. The highest BCUT2D eigenvalue weighted by Crippen LogP contribution is 2.06. The zero-order valence-electron chi connectivity index (χ0n) is 9.62. The fourth-order valence-corrected chi connectivity index (χ4v) is 2.20. The molecular weight excluding hydrogens is 206 g/mol. The van der Waals surface area contributed by atoms with E-state index in [1.807, 2.05) is 5.51 Å². The Morgan fingerprint density at radius 3 is 3.00 bits per heavy atom. The number of nitrogens with one attached hydrogen (secondary N) is 1. The quantitative estimate of drug-likeness (QED) is 0.698.